The minimum Gasteiger partial charge on any atom is -0.382 e. The summed E-state index contributed by atoms with van der Waals surface area (Å²) in [7, 11) is 1.89. The van der Waals surface area contributed by atoms with Gasteiger partial charge in [-0.05, 0) is 38.0 Å². The number of aliphatic imine (C=N–C) groups is 1. The van der Waals surface area contributed by atoms with E-state index in [-0.39, 0.29) is 24.0 Å². The highest BCUT2D eigenvalue weighted by molar-refractivity contribution is 14.0. The standard InChI is InChI=1S/C14H27N3O.HI/c1-3-18-11-5-9-16-13(15-2)17-10-8-14(12-17)6-4-7-14;/h3-12H2,1-2H3,(H,15,16);1H. The van der Waals surface area contributed by atoms with Crippen LogP contribution in [0.1, 0.15) is 39.0 Å². The third-order valence-electron chi connectivity index (χ3n) is 4.32. The molecule has 0 aromatic heterocycles. The molecular weight excluding hydrogens is 353 g/mol. The Labute approximate surface area is 134 Å². The number of hydrogen-bond donors (Lipinski definition) is 1. The van der Waals surface area contributed by atoms with Gasteiger partial charge in [-0.1, -0.05) is 6.42 Å². The van der Waals surface area contributed by atoms with Crippen molar-refractivity contribution in [1.29, 1.82) is 0 Å². The monoisotopic (exact) mass is 381 g/mol. The summed E-state index contributed by atoms with van der Waals surface area (Å²) in [5.41, 5.74) is 0.642. The van der Waals surface area contributed by atoms with Gasteiger partial charge in [-0.15, -0.1) is 24.0 Å². The topological polar surface area (TPSA) is 36.9 Å². The van der Waals surface area contributed by atoms with Crippen LogP contribution in [0, 0.1) is 5.41 Å². The smallest absolute Gasteiger partial charge is 0.193 e. The quantitative estimate of drug-likeness (QED) is 0.344. The molecule has 5 heteroatoms. The van der Waals surface area contributed by atoms with Crippen LogP contribution in [0.5, 0.6) is 0 Å². The molecule has 1 saturated carbocycles. The maximum absolute atomic E-state index is 5.34. The predicted molar refractivity (Wildman–Crippen MR) is 90.4 cm³/mol. The second-order valence-corrected chi connectivity index (χ2v) is 5.55. The first kappa shape index (κ1) is 17.0. The van der Waals surface area contributed by atoms with E-state index in [4.69, 9.17) is 4.74 Å². The van der Waals surface area contributed by atoms with Gasteiger partial charge in [-0.25, -0.2) is 0 Å². The maximum Gasteiger partial charge on any atom is 0.193 e. The summed E-state index contributed by atoms with van der Waals surface area (Å²) in [6.07, 6.45) is 6.67. The number of rotatable bonds is 5. The van der Waals surface area contributed by atoms with Crippen molar-refractivity contribution in [2.45, 2.75) is 39.0 Å². The van der Waals surface area contributed by atoms with Crippen LogP contribution >= 0.6 is 24.0 Å². The largest absolute Gasteiger partial charge is 0.382 e. The summed E-state index contributed by atoms with van der Waals surface area (Å²) in [4.78, 5) is 6.83. The number of guanidine groups is 1. The molecule has 0 aromatic rings. The minimum absolute atomic E-state index is 0. The average Bonchev–Trinajstić information content (AvgIpc) is 2.79. The zero-order valence-corrected chi connectivity index (χ0v) is 14.6. The molecule has 0 radical (unpaired) electrons. The maximum atomic E-state index is 5.34. The lowest BCUT2D eigenvalue weighted by molar-refractivity contribution is 0.145. The molecule has 19 heavy (non-hydrogen) atoms. The van der Waals surface area contributed by atoms with Gasteiger partial charge in [0.15, 0.2) is 5.96 Å². The van der Waals surface area contributed by atoms with Crippen LogP contribution in [0.15, 0.2) is 4.99 Å². The van der Waals surface area contributed by atoms with E-state index in [0.717, 1.165) is 32.1 Å². The van der Waals surface area contributed by atoms with E-state index in [1.165, 1.54) is 38.8 Å². The van der Waals surface area contributed by atoms with E-state index in [9.17, 15) is 0 Å². The fraction of sp³-hybridized carbons (Fsp3) is 0.929. The molecule has 0 amide bonds. The number of ether oxygens (including phenoxy) is 1. The first-order valence-electron chi connectivity index (χ1n) is 7.33. The molecule has 0 bridgehead atoms. The van der Waals surface area contributed by atoms with E-state index in [2.05, 4.69) is 15.2 Å². The van der Waals surface area contributed by atoms with Gasteiger partial charge >= 0.3 is 0 Å². The molecule has 2 rings (SSSR count). The van der Waals surface area contributed by atoms with Crippen molar-refractivity contribution >= 4 is 29.9 Å². The Kier molecular flexibility index (Phi) is 7.42. The lowest BCUT2D eigenvalue weighted by Crippen LogP contribution is -2.42. The molecule has 1 heterocycles. The highest BCUT2D eigenvalue weighted by Crippen LogP contribution is 2.47. The van der Waals surface area contributed by atoms with Crippen molar-refractivity contribution in [2.75, 3.05) is 39.9 Å². The second-order valence-electron chi connectivity index (χ2n) is 5.55. The van der Waals surface area contributed by atoms with Gasteiger partial charge in [-0.3, -0.25) is 4.99 Å². The van der Waals surface area contributed by atoms with Crippen LogP contribution in [-0.4, -0.2) is 50.8 Å². The molecule has 2 aliphatic rings. The van der Waals surface area contributed by atoms with Crippen molar-refractivity contribution < 1.29 is 4.74 Å². The third kappa shape index (κ3) is 4.48. The van der Waals surface area contributed by atoms with Gasteiger partial charge < -0.3 is 15.0 Å². The first-order valence-corrected chi connectivity index (χ1v) is 7.33. The van der Waals surface area contributed by atoms with Crippen LogP contribution in [0.25, 0.3) is 0 Å². The van der Waals surface area contributed by atoms with Crippen LogP contribution in [0.2, 0.25) is 0 Å². The lowest BCUT2D eigenvalue weighted by atomic mass is 9.68. The highest BCUT2D eigenvalue weighted by atomic mass is 127. The molecule has 4 nitrogen and oxygen atoms in total. The van der Waals surface area contributed by atoms with Gasteiger partial charge in [0.25, 0.3) is 0 Å². The van der Waals surface area contributed by atoms with Gasteiger partial charge in [-0.2, -0.15) is 0 Å². The third-order valence-corrected chi connectivity index (χ3v) is 4.32. The van der Waals surface area contributed by atoms with E-state index < -0.39 is 0 Å². The van der Waals surface area contributed by atoms with Crippen LogP contribution in [0.4, 0.5) is 0 Å². The summed E-state index contributed by atoms with van der Waals surface area (Å²) in [6.45, 7) is 7.02. The number of halogens is 1. The molecule has 1 aliphatic carbocycles. The van der Waals surface area contributed by atoms with E-state index >= 15 is 0 Å². The lowest BCUT2D eigenvalue weighted by Gasteiger charge is -2.38. The number of nitrogens with one attached hydrogen (secondary N) is 1. The zero-order valence-electron chi connectivity index (χ0n) is 12.3. The summed E-state index contributed by atoms with van der Waals surface area (Å²) < 4.78 is 5.34. The Morgan fingerprint density at radius 3 is 2.68 bits per heavy atom. The molecule has 0 unspecified atom stereocenters. The minimum atomic E-state index is 0. The summed E-state index contributed by atoms with van der Waals surface area (Å²) >= 11 is 0. The average molecular weight is 381 g/mol. The number of nitrogens with zero attached hydrogens (tertiary/aromatic N) is 2. The highest BCUT2D eigenvalue weighted by Gasteiger charge is 2.43. The Morgan fingerprint density at radius 2 is 2.16 bits per heavy atom. The van der Waals surface area contributed by atoms with E-state index in [1.807, 2.05) is 14.0 Å². The molecule has 112 valence electrons. The Balaban J connectivity index is 0.00000180. The van der Waals surface area contributed by atoms with Gasteiger partial charge in [0.1, 0.15) is 0 Å². The first-order chi connectivity index (χ1) is 8.79. The molecular formula is C14H28IN3O. The van der Waals surface area contributed by atoms with Crippen molar-refractivity contribution in [2.24, 2.45) is 10.4 Å². The van der Waals surface area contributed by atoms with E-state index in [0.29, 0.717) is 5.41 Å². The molecule has 2 fully saturated rings. The SMILES string of the molecule is CCOCCCNC(=NC)N1CCC2(CCC2)C1.I. The molecule has 0 aromatic carbocycles. The van der Waals surface area contributed by atoms with Crippen molar-refractivity contribution in [3.05, 3.63) is 0 Å². The number of likely N-dealkylation sites (tertiary alicyclic amines) is 1. The summed E-state index contributed by atoms with van der Waals surface area (Å²) in [5.74, 6) is 1.08. The normalized spacial score (nSPS) is 21.2. The van der Waals surface area contributed by atoms with E-state index in [1.54, 1.807) is 0 Å². The van der Waals surface area contributed by atoms with Crippen LogP contribution in [-0.2, 0) is 4.74 Å². The predicted octanol–water partition coefficient (Wildman–Crippen LogP) is 2.48. The van der Waals surface area contributed by atoms with Gasteiger partial charge in [0.2, 0.25) is 0 Å². The fourth-order valence-electron chi connectivity index (χ4n) is 3.05. The van der Waals surface area contributed by atoms with Gasteiger partial charge in [0.05, 0.1) is 0 Å². The molecule has 1 aliphatic heterocycles. The van der Waals surface area contributed by atoms with Crippen molar-refractivity contribution in [3.63, 3.8) is 0 Å². The fourth-order valence-corrected chi connectivity index (χ4v) is 3.05. The van der Waals surface area contributed by atoms with Crippen LogP contribution < -0.4 is 5.32 Å². The Bertz CT molecular complexity index is 292. The van der Waals surface area contributed by atoms with Crippen molar-refractivity contribution in [1.82, 2.24) is 10.2 Å². The molecule has 1 spiro atoms. The molecule has 1 saturated heterocycles. The van der Waals surface area contributed by atoms with Crippen molar-refractivity contribution in [3.8, 4) is 0 Å². The molecule has 1 N–H and O–H groups in total. The molecule has 0 atom stereocenters. The van der Waals surface area contributed by atoms with Crippen LogP contribution in [0.3, 0.4) is 0 Å². The summed E-state index contributed by atoms with van der Waals surface area (Å²) in [5, 5.41) is 3.45. The Morgan fingerprint density at radius 1 is 1.37 bits per heavy atom. The number of hydrogen-bond acceptors (Lipinski definition) is 2. The van der Waals surface area contributed by atoms with Gasteiger partial charge in [0, 0.05) is 39.9 Å². The summed E-state index contributed by atoms with van der Waals surface area (Å²) in [6, 6.07) is 0. The second kappa shape index (κ2) is 8.29. The Hall–Kier alpha value is -0.0400. The zero-order chi connectivity index (χ0) is 12.8.